The topological polar surface area (TPSA) is 79.3 Å². The summed E-state index contributed by atoms with van der Waals surface area (Å²) in [7, 11) is 4.13. The van der Waals surface area contributed by atoms with Crippen LogP contribution in [0.3, 0.4) is 0 Å². The van der Waals surface area contributed by atoms with Crippen LogP contribution in [0, 0.1) is 0 Å². The van der Waals surface area contributed by atoms with Crippen LogP contribution in [0.2, 0.25) is 0 Å². The van der Waals surface area contributed by atoms with E-state index in [-0.39, 0.29) is 0 Å². The predicted octanol–water partition coefficient (Wildman–Crippen LogP) is 2.55. The van der Waals surface area contributed by atoms with Crippen molar-refractivity contribution in [1.29, 1.82) is 0 Å². The number of nitrogens with two attached hydrogens (primary N) is 1. The number of hydrogen-bond donors (Lipinski definition) is 1. The Kier molecular flexibility index (Phi) is 5.46. The number of nitrogens with zero attached hydrogens (tertiary/aromatic N) is 7. The molecule has 1 fully saturated rings. The van der Waals surface area contributed by atoms with Crippen LogP contribution < -0.4 is 15.5 Å². The molecular weight excluding hydrogens is 400 g/mol. The average molecular weight is 433 g/mol. The number of aromatic nitrogens is 4. The number of aryl methyl sites for hydroxylation is 1. The van der Waals surface area contributed by atoms with E-state index < -0.39 is 0 Å². The molecule has 1 unspecified atom stereocenters. The molecule has 0 bridgehead atoms. The predicted molar refractivity (Wildman–Crippen MR) is 129 cm³/mol. The molecule has 8 heteroatoms. The highest BCUT2D eigenvalue weighted by Crippen LogP contribution is 2.32. The van der Waals surface area contributed by atoms with E-state index in [1.165, 1.54) is 16.7 Å². The summed E-state index contributed by atoms with van der Waals surface area (Å²) in [6, 6.07) is 9.22. The number of nitrogen functional groups attached to an aromatic ring is 1. The van der Waals surface area contributed by atoms with Gasteiger partial charge in [-0.05, 0) is 56.1 Å². The smallest absolute Gasteiger partial charge is 0.223 e. The molecule has 0 amide bonds. The lowest BCUT2D eigenvalue weighted by Gasteiger charge is -2.36. The second-order valence-corrected chi connectivity index (χ2v) is 9.15. The fraction of sp³-hybridized carbons (Fsp3) is 0.458. The van der Waals surface area contributed by atoms with E-state index in [4.69, 9.17) is 5.73 Å². The van der Waals surface area contributed by atoms with E-state index in [1.807, 2.05) is 17.9 Å². The summed E-state index contributed by atoms with van der Waals surface area (Å²) in [5.41, 5.74) is 11.3. The largest absolute Gasteiger partial charge is 0.368 e. The molecule has 1 atom stereocenters. The Bertz CT molecular complexity index is 1110. The van der Waals surface area contributed by atoms with Gasteiger partial charge < -0.3 is 20.4 Å². The van der Waals surface area contributed by atoms with Gasteiger partial charge in [0.25, 0.3) is 0 Å². The van der Waals surface area contributed by atoms with Crippen molar-refractivity contribution in [3.63, 3.8) is 0 Å². The molecule has 32 heavy (non-hydrogen) atoms. The maximum absolute atomic E-state index is 6.19. The molecule has 4 heterocycles. The molecule has 2 aromatic heterocycles. The second-order valence-electron chi connectivity index (χ2n) is 9.15. The zero-order valence-corrected chi connectivity index (χ0v) is 19.2. The van der Waals surface area contributed by atoms with Gasteiger partial charge in [0.15, 0.2) is 0 Å². The quantitative estimate of drug-likeness (QED) is 0.681. The highest BCUT2D eigenvalue weighted by atomic mass is 15.3. The Hall–Kier alpha value is -3.13. The van der Waals surface area contributed by atoms with Crippen molar-refractivity contribution in [3.05, 3.63) is 47.8 Å². The molecule has 0 aliphatic carbocycles. The van der Waals surface area contributed by atoms with Crippen LogP contribution in [0.1, 0.15) is 24.5 Å². The van der Waals surface area contributed by atoms with Gasteiger partial charge in [0.05, 0.1) is 6.20 Å². The lowest BCUT2D eigenvalue weighted by atomic mass is 9.92. The van der Waals surface area contributed by atoms with Crippen molar-refractivity contribution in [2.75, 3.05) is 48.8 Å². The molecule has 0 saturated carbocycles. The van der Waals surface area contributed by atoms with E-state index in [0.717, 1.165) is 62.8 Å². The highest BCUT2D eigenvalue weighted by Gasteiger charge is 2.26. The van der Waals surface area contributed by atoms with E-state index >= 15 is 0 Å². The van der Waals surface area contributed by atoms with E-state index in [0.29, 0.717) is 12.0 Å². The summed E-state index contributed by atoms with van der Waals surface area (Å²) in [6.45, 7) is 7.17. The molecular formula is C24H32N8. The third kappa shape index (κ3) is 4.14. The molecule has 1 aromatic carbocycles. The SMILES string of the molecule is CC1Cc2ccc(-c3cnn(C)c3)cc2CN1c1cc(N2CCCN(C)CC2)nc(N)n1. The van der Waals surface area contributed by atoms with Crippen LogP contribution in [0.4, 0.5) is 17.6 Å². The zero-order chi connectivity index (χ0) is 22.2. The third-order valence-corrected chi connectivity index (χ3v) is 6.69. The standard InChI is InChI=1S/C24H32N8/c1-17-11-18-5-6-19(21-14-26-30(3)15-21)12-20(18)16-32(17)23-13-22(27-24(25)28-23)31-8-4-7-29(2)9-10-31/h5-6,12-15,17H,4,7-11,16H2,1-3H3,(H2,25,27,28). The fourth-order valence-corrected chi connectivity index (χ4v) is 4.82. The number of hydrogen-bond acceptors (Lipinski definition) is 7. The van der Waals surface area contributed by atoms with Crippen LogP contribution in [0.15, 0.2) is 36.7 Å². The normalized spacial score (nSPS) is 19.7. The van der Waals surface area contributed by atoms with Crippen molar-refractivity contribution in [3.8, 4) is 11.1 Å². The van der Waals surface area contributed by atoms with Crippen molar-refractivity contribution >= 4 is 17.6 Å². The van der Waals surface area contributed by atoms with Crippen molar-refractivity contribution < 1.29 is 0 Å². The lowest BCUT2D eigenvalue weighted by Crippen LogP contribution is -2.39. The monoisotopic (exact) mass is 432 g/mol. The van der Waals surface area contributed by atoms with Crippen LogP contribution in [-0.2, 0) is 20.0 Å². The number of fused-ring (bicyclic) bond motifs is 1. The van der Waals surface area contributed by atoms with Crippen molar-refractivity contribution in [2.24, 2.45) is 7.05 Å². The minimum atomic E-state index is 0.337. The maximum atomic E-state index is 6.19. The second kappa shape index (κ2) is 8.43. The minimum absolute atomic E-state index is 0.337. The molecule has 2 aliphatic rings. The molecule has 0 spiro atoms. The first-order valence-electron chi connectivity index (χ1n) is 11.4. The molecule has 168 valence electrons. The molecule has 0 radical (unpaired) electrons. The van der Waals surface area contributed by atoms with Gasteiger partial charge in [-0.1, -0.05) is 12.1 Å². The molecule has 3 aromatic rings. The Morgan fingerprint density at radius 2 is 1.78 bits per heavy atom. The summed E-state index contributed by atoms with van der Waals surface area (Å²) < 4.78 is 1.84. The number of anilines is 3. The Morgan fingerprint density at radius 3 is 2.59 bits per heavy atom. The Balaban J connectivity index is 1.44. The summed E-state index contributed by atoms with van der Waals surface area (Å²) in [4.78, 5) is 16.3. The van der Waals surface area contributed by atoms with E-state index in [1.54, 1.807) is 0 Å². The Morgan fingerprint density at radius 1 is 0.938 bits per heavy atom. The minimum Gasteiger partial charge on any atom is -0.368 e. The summed E-state index contributed by atoms with van der Waals surface area (Å²) in [5, 5.41) is 4.32. The number of benzene rings is 1. The van der Waals surface area contributed by atoms with Gasteiger partial charge in [-0.3, -0.25) is 4.68 Å². The van der Waals surface area contributed by atoms with Crippen LogP contribution >= 0.6 is 0 Å². The van der Waals surface area contributed by atoms with E-state index in [2.05, 4.69) is 74.2 Å². The molecule has 8 nitrogen and oxygen atoms in total. The molecule has 2 N–H and O–H groups in total. The summed E-state index contributed by atoms with van der Waals surface area (Å²) in [5.74, 6) is 2.19. The fourth-order valence-electron chi connectivity index (χ4n) is 4.82. The van der Waals surface area contributed by atoms with Gasteiger partial charge in [0.2, 0.25) is 5.95 Å². The van der Waals surface area contributed by atoms with Gasteiger partial charge in [0.1, 0.15) is 11.6 Å². The molecule has 1 saturated heterocycles. The average Bonchev–Trinajstić information content (AvgIpc) is 3.09. The van der Waals surface area contributed by atoms with Gasteiger partial charge in [-0.15, -0.1) is 0 Å². The number of rotatable bonds is 3. The van der Waals surface area contributed by atoms with Gasteiger partial charge in [-0.2, -0.15) is 15.1 Å². The zero-order valence-electron chi connectivity index (χ0n) is 19.2. The highest BCUT2D eigenvalue weighted by molar-refractivity contribution is 5.65. The Labute approximate surface area is 189 Å². The lowest BCUT2D eigenvalue weighted by molar-refractivity contribution is 0.360. The van der Waals surface area contributed by atoms with Crippen LogP contribution in [0.25, 0.3) is 11.1 Å². The van der Waals surface area contributed by atoms with Crippen LogP contribution in [-0.4, -0.2) is 63.9 Å². The maximum Gasteiger partial charge on any atom is 0.223 e. The number of likely N-dealkylation sites (N-methyl/N-ethyl adjacent to an activating group) is 1. The van der Waals surface area contributed by atoms with Crippen LogP contribution in [0.5, 0.6) is 0 Å². The third-order valence-electron chi connectivity index (χ3n) is 6.69. The first-order valence-corrected chi connectivity index (χ1v) is 11.4. The van der Waals surface area contributed by atoms with Crippen molar-refractivity contribution in [1.82, 2.24) is 24.6 Å². The first-order chi connectivity index (χ1) is 15.5. The molecule has 5 rings (SSSR count). The van der Waals surface area contributed by atoms with Crippen molar-refractivity contribution in [2.45, 2.75) is 32.4 Å². The summed E-state index contributed by atoms with van der Waals surface area (Å²) in [6.07, 6.45) is 6.08. The first kappa shape index (κ1) is 20.8. The van der Waals surface area contributed by atoms with Gasteiger partial charge in [0, 0.05) is 57.1 Å². The summed E-state index contributed by atoms with van der Waals surface area (Å²) >= 11 is 0. The van der Waals surface area contributed by atoms with Gasteiger partial charge >= 0.3 is 0 Å². The molecule has 2 aliphatic heterocycles. The van der Waals surface area contributed by atoms with E-state index in [9.17, 15) is 0 Å². The van der Waals surface area contributed by atoms with Gasteiger partial charge in [-0.25, -0.2) is 0 Å².